The number of nitrogens with two attached hydrogens (primary N) is 1. The molecule has 2 N–H and O–H groups in total. The Morgan fingerprint density at radius 1 is 1.50 bits per heavy atom. The molecule has 102 valence electrons. The molecule has 0 fully saturated rings. The average molecular weight is 306 g/mol. The summed E-state index contributed by atoms with van der Waals surface area (Å²) >= 11 is 3.09. The van der Waals surface area contributed by atoms with Gasteiger partial charge < -0.3 is 4.90 Å². The van der Waals surface area contributed by atoms with Crippen molar-refractivity contribution in [3.8, 4) is 0 Å². The summed E-state index contributed by atoms with van der Waals surface area (Å²) in [5.74, 6) is 0.549. The van der Waals surface area contributed by atoms with E-state index in [1.165, 1.54) is 11.3 Å². The standard InChI is InChI=1S/C11H18N2O2S3/c1-7-4-8-5-10(18(12,14)15)17-11(8)16-9(7)6-13(2)3/h5,7,9H,4,6H2,1-3H3,(H2,12,14,15). The van der Waals surface area contributed by atoms with E-state index in [0.717, 1.165) is 22.7 Å². The molecule has 1 aliphatic heterocycles. The van der Waals surface area contributed by atoms with Crippen LogP contribution in [0.15, 0.2) is 14.5 Å². The van der Waals surface area contributed by atoms with Gasteiger partial charge in [0.05, 0.1) is 4.21 Å². The Morgan fingerprint density at radius 3 is 2.72 bits per heavy atom. The van der Waals surface area contributed by atoms with E-state index in [9.17, 15) is 8.42 Å². The van der Waals surface area contributed by atoms with Gasteiger partial charge in [-0.05, 0) is 38.1 Å². The Kier molecular flexibility index (Phi) is 4.08. The lowest BCUT2D eigenvalue weighted by Gasteiger charge is -2.30. The van der Waals surface area contributed by atoms with Gasteiger partial charge in [-0.1, -0.05) is 6.92 Å². The van der Waals surface area contributed by atoms with E-state index in [1.54, 1.807) is 17.8 Å². The maximum absolute atomic E-state index is 11.4. The minimum absolute atomic E-state index is 0.290. The molecule has 0 amide bonds. The smallest absolute Gasteiger partial charge is 0.247 e. The van der Waals surface area contributed by atoms with Gasteiger partial charge in [-0.3, -0.25) is 0 Å². The van der Waals surface area contributed by atoms with Gasteiger partial charge in [-0.15, -0.1) is 23.1 Å². The third-order valence-electron chi connectivity index (χ3n) is 3.01. The van der Waals surface area contributed by atoms with Crippen molar-refractivity contribution < 1.29 is 8.42 Å². The van der Waals surface area contributed by atoms with Crippen molar-refractivity contribution in [2.24, 2.45) is 11.1 Å². The first-order valence-electron chi connectivity index (χ1n) is 5.74. The van der Waals surface area contributed by atoms with E-state index in [0.29, 0.717) is 11.2 Å². The van der Waals surface area contributed by atoms with Crippen molar-refractivity contribution in [2.45, 2.75) is 27.0 Å². The van der Waals surface area contributed by atoms with Crippen molar-refractivity contribution in [2.75, 3.05) is 20.6 Å². The van der Waals surface area contributed by atoms with Gasteiger partial charge in [0.2, 0.25) is 10.0 Å². The number of thiophene rings is 1. The zero-order chi connectivity index (χ0) is 13.5. The van der Waals surface area contributed by atoms with Crippen LogP contribution in [0.5, 0.6) is 0 Å². The van der Waals surface area contributed by atoms with Gasteiger partial charge in [0.25, 0.3) is 0 Å². The van der Waals surface area contributed by atoms with Crippen LogP contribution in [0.2, 0.25) is 0 Å². The third-order valence-corrected chi connectivity index (χ3v) is 7.33. The number of hydrogen-bond donors (Lipinski definition) is 1. The molecule has 0 saturated carbocycles. The molecule has 0 saturated heterocycles. The fourth-order valence-electron chi connectivity index (χ4n) is 2.08. The van der Waals surface area contributed by atoms with Gasteiger partial charge in [0.15, 0.2) is 0 Å². The van der Waals surface area contributed by atoms with Crippen LogP contribution in [0, 0.1) is 5.92 Å². The van der Waals surface area contributed by atoms with E-state index in [-0.39, 0.29) is 4.21 Å². The molecule has 0 aliphatic carbocycles. The lowest BCUT2D eigenvalue weighted by atomic mass is 9.99. The molecule has 1 aliphatic rings. The molecule has 1 aromatic rings. The minimum atomic E-state index is -3.56. The van der Waals surface area contributed by atoms with E-state index in [1.807, 2.05) is 0 Å². The zero-order valence-electron chi connectivity index (χ0n) is 10.7. The van der Waals surface area contributed by atoms with Crippen LogP contribution >= 0.6 is 23.1 Å². The van der Waals surface area contributed by atoms with E-state index in [4.69, 9.17) is 5.14 Å². The lowest BCUT2D eigenvalue weighted by molar-refractivity contribution is 0.365. The summed E-state index contributed by atoms with van der Waals surface area (Å²) < 4.78 is 24.1. The predicted octanol–water partition coefficient (Wildman–Crippen LogP) is 1.61. The van der Waals surface area contributed by atoms with Gasteiger partial charge in [0, 0.05) is 11.8 Å². The first-order chi connectivity index (χ1) is 8.27. The topological polar surface area (TPSA) is 63.4 Å². The number of primary sulfonamides is 1. The quantitative estimate of drug-likeness (QED) is 0.921. The molecule has 0 bridgehead atoms. The molecule has 0 radical (unpaired) electrons. The lowest BCUT2D eigenvalue weighted by Crippen LogP contribution is -2.31. The molecule has 2 heterocycles. The molecule has 18 heavy (non-hydrogen) atoms. The predicted molar refractivity (Wildman–Crippen MR) is 76.8 cm³/mol. The first-order valence-corrected chi connectivity index (χ1v) is 8.98. The Hall–Kier alpha value is -0.0800. The van der Waals surface area contributed by atoms with E-state index >= 15 is 0 Å². The van der Waals surface area contributed by atoms with Crippen LogP contribution in [0.4, 0.5) is 0 Å². The highest BCUT2D eigenvalue weighted by Gasteiger charge is 2.29. The summed E-state index contributed by atoms with van der Waals surface area (Å²) in [5.41, 5.74) is 1.14. The van der Waals surface area contributed by atoms with Crippen LogP contribution in [-0.4, -0.2) is 39.2 Å². The molecule has 2 rings (SSSR count). The zero-order valence-corrected chi connectivity index (χ0v) is 13.2. The number of hydrogen-bond acceptors (Lipinski definition) is 5. The largest absolute Gasteiger partial charge is 0.308 e. The highest BCUT2D eigenvalue weighted by Crippen LogP contribution is 2.44. The Balaban J connectivity index is 2.26. The fourth-order valence-corrected chi connectivity index (χ4v) is 6.02. The van der Waals surface area contributed by atoms with Crippen LogP contribution in [-0.2, 0) is 16.4 Å². The SMILES string of the molecule is CC1Cc2cc(S(N)(=O)=O)sc2SC1CN(C)C. The van der Waals surface area contributed by atoms with E-state index in [2.05, 4.69) is 25.9 Å². The minimum Gasteiger partial charge on any atom is -0.308 e. The number of nitrogens with zero attached hydrogens (tertiary/aromatic N) is 1. The average Bonchev–Trinajstić information content (AvgIpc) is 2.59. The molecular weight excluding hydrogens is 288 g/mol. The monoisotopic (exact) mass is 306 g/mol. The maximum atomic E-state index is 11.4. The van der Waals surface area contributed by atoms with Crippen molar-refractivity contribution in [3.63, 3.8) is 0 Å². The first kappa shape index (κ1) is 14.3. The highest BCUT2D eigenvalue weighted by molar-refractivity contribution is 8.02. The third kappa shape index (κ3) is 3.08. The van der Waals surface area contributed by atoms with Crippen molar-refractivity contribution >= 4 is 33.1 Å². The second kappa shape index (κ2) is 5.13. The summed E-state index contributed by atoms with van der Waals surface area (Å²) in [4.78, 5) is 2.17. The van der Waals surface area contributed by atoms with Crippen LogP contribution < -0.4 is 5.14 Å². The summed E-state index contributed by atoms with van der Waals surface area (Å²) in [5, 5.41) is 5.70. The molecule has 2 atom stereocenters. The van der Waals surface area contributed by atoms with Crippen LogP contribution in [0.3, 0.4) is 0 Å². The van der Waals surface area contributed by atoms with Crippen molar-refractivity contribution in [3.05, 3.63) is 11.6 Å². The normalized spacial score (nSPS) is 24.3. The molecule has 0 aromatic carbocycles. The molecule has 0 spiro atoms. The van der Waals surface area contributed by atoms with Crippen LogP contribution in [0.1, 0.15) is 12.5 Å². The van der Waals surface area contributed by atoms with Crippen molar-refractivity contribution in [1.29, 1.82) is 0 Å². The molecule has 2 unspecified atom stereocenters. The Labute approximate surface area is 117 Å². The summed E-state index contributed by atoms with van der Waals surface area (Å²) in [6.45, 7) is 3.23. The van der Waals surface area contributed by atoms with Crippen LogP contribution in [0.25, 0.3) is 0 Å². The summed E-state index contributed by atoms with van der Waals surface area (Å²) in [7, 11) is 0.565. The number of sulfonamides is 1. The number of thioether (sulfide) groups is 1. The second-order valence-corrected chi connectivity index (χ2v) is 9.37. The highest BCUT2D eigenvalue weighted by atomic mass is 32.3. The van der Waals surface area contributed by atoms with Gasteiger partial charge in [0.1, 0.15) is 4.21 Å². The number of rotatable bonds is 3. The van der Waals surface area contributed by atoms with Gasteiger partial charge in [-0.2, -0.15) is 0 Å². The molecule has 7 heteroatoms. The van der Waals surface area contributed by atoms with Gasteiger partial charge >= 0.3 is 0 Å². The molecular formula is C11H18N2O2S3. The number of fused-ring (bicyclic) bond motifs is 1. The summed E-state index contributed by atoms with van der Waals surface area (Å²) in [6.07, 6.45) is 0.937. The Bertz CT molecular complexity index is 536. The summed E-state index contributed by atoms with van der Waals surface area (Å²) in [6, 6.07) is 1.74. The second-order valence-electron chi connectivity index (χ2n) is 5.02. The Morgan fingerprint density at radius 2 is 2.17 bits per heavy atom. The fraction of sp³-hybridized carbons (Fsp3) is 0.636. The maximum Gasteiger partial charge on any atom is 0.247 e. The van der Waals surface area contributed by atoms with Gasteiger partial charge in [-0.25, -0.2) is 13.6 Å². The molecule has 1 aromatic heterocycles. The van der Waals surface area contributed by atoms with E-state index < -0.39 is 10.0 Å². The molecule has 4 nitrogen and oxygen atoms in total. The van der Waals surface area contributed by atoms with Crippen molar-refractivity contribution in [1.82, 2.24) is 4.90 Å².